The molecule has 7 nitrogen and oxygen atoms in total. The molecule has 3 aromatic rings. The second kappa shape index (κ2) is 7.98. The number of barbiturate groups is 1. The van der Waals surface area contributed by atoms with Crippen LogP contribution in [0.1, 0.15) is 15.2 Å². The van der Waals surface area contributed by atoms with Crippen LogP contribution in [0, 0.1) is 0 Å². The largest absolute Gasteiger partial charge is 0.422 e. The number of thiophene rings is 1. The van der Waals surface area contributed by atoms with E-state index >= 15 is 0 Å². The fourth-order valence-corrected chi connectivity index (χ4v) is 4.46. The summed E-state index contributed by atoms with van der Waals surface area (Å²) in [6, 6.07) is 13.0. The summed E-state index contributed by atoms with van der Waals surface area (Å²) in [5.41, 5.74) is 0.402. The SMILES string of the molecule is CN1C(=O)C(=Cc2ccc(OC(=O)c3sc4ccccc4c3Cl)cc2)C(=O)N(C)C1=O. The number of amides is 4. The molecular weight excluding hydrogens is 440 g/mol. The molecular formula is C22H15ClN2O5S. The molecule has 0 bridgehead atoms. The number of imide groups is 2. The van der Waals surface area contributed by atoms with E-state index in [0.29, 0.717) is 15.5 Å². The summed E-state index contributed by atoms with van der Waals surface area (Å²) in [4.78, 5) is 51.0. The fraction of sp³-hybridized carbons (Fsp3) is 0.0909. The molecule has 1 aliphatic rings. The minimum atomic E-state index is -0.686. The summed E-state index contributed by atoms with van der Waals surface area (Å²) in [6.45, 7) is 0. The van der Waals surface area contributed by atoms with Crippen LogP contribution >= 0.6 is 22.9 Å². The van der Waals surface area contributed by atoms with E-state index in [1.807, 2.05) is 24.3 Å². The molecule has 1 aromatic heterocycles. The van der Waals surface area contributed by atoms with Gasteiger partial charge in [-0.25, -0.2) is 9.59 Å². The van der Waals surface area contributed by atoms with Crippen LogP contribution in [-0.4, -0.2) is 47.7 Å². The van der Waals surface area contributed by atoms with Crippen molar-refractivity contribution in [2.24, 2.45) is 0 Å². The number of esters is 1. The lowest BCUT2D eigenvalue weighted by atomic mass is 10.1. The Kier molecular flexibility index (Phi) is 5.34. The lowest BCUT2D eigenvalue weighted by Crippen LogP contribution is -2.52. The number of carbonyl (C=O) groups excluding carboxylic acids is 4. The van der Waals surface area contributed by atoms with Crippen LogP contribution in [0.2, 0.25) is 5.02 Å². The smallest absolute Gasteiger partial charge is 0.355 e. The predicted molar refractivity (Wildman–Crippen MR) is 117 cm³/mol. The van der Waals surface area contributed by atoms with Gasteiger partial charge in [-0.2, -0.15) is 0 Å². The minimum Gasteiger partial charge on any atom is -0.422 e. The van der Waals surface area contributed by atoms with Crippen LogP contribution in [-0.2, 0) is 9.59 Å². The van der Waals surface area contributed by atoms with Crippen LogP contribution < -0.4 is 4.74 Å². The Morgan fingerprint density at radius 1 is 0.968 bits per heavy atom. The average molecular weight is 455 g/mol. The van der Waals surface area contributed by atoms with E-state index in [0.717, 1.165) is 19.9 Å². The molecule has 156 valence electrons. The van der Waals surface area contributed by atoms with Crippen LogP contribution in [0.25, 0.3) is 16.2 Å². The van der Waals surface area contributed by atoms with Gasteiger partial charge in [0.25, 0.3) is 11.8 Å². The molecule has 9 heteroatoms. The quantitative estimate of drug-likeness (QED) is 0.256. The van der Waals surface area contributed by atoms with Crippen molar-refractivity contribution >= 4 is 62.9 Å². The summed E-state index contributed by atoms with van der Waals surface area (Å²) < 4.78 is 6.30. The van der Waals surface area contributed by atoms with Crippen molar-refractivity contribution in [2.75, 3.05) is 14.1 Å². The first-order valence-electron chi connectivity index (χ1n) is 9.09. The van der Waals surface area contributed by atoms with Gasteiger partial charge in [0, 0.05) is 24.2 Å². The normalized spacial score (nSPS) is 14.4. The number of urea groups is 1. The maximum atomic E-state index is 12.6. The van der Waals surface area contributed by atoms with Crippen molar-refractivity contribution in [3.8, 4) is 5.75 Å². The maximum absolute atomic E-state index is 12.6. The highest BCUT2D eigenvalue weighted by molar-refractivity contribution is 7.21. The van der Waals surface area contributed by atoms with E-state index in [-0.39, 0.29) is 11.3 Å². The molecule has 2 aromatic carbocycles. The van der Waals surface area contributed by atoms with Crippen molar-refractivity contribution in [1.82, 2.24) is 9.80 Å². The number of carbonyl (C=O) groups is 4. The molecule has 4 rings (SSSR count). The Morgan fingerprint density at radius 3 is 2.19 bits per heavy atom. The topological polar surface area (TPSA) is 84.0 Å². The number of halogens is 1. The first-order valence-corrected chi connectivity index (χ1v) is 10.3. The number of fused-ring (bicyclic) bond motifs is 1. The Balaban J connectivity index is 1.54. The van der Waals surface area contributed by atoms with Gasteiger partial charge in [-0.3, -0.25) is 19.4 Å². The molecule has 1 saturated heterocycles. The fourth-order valence-electron chi connectivity index (χ4n) is 3.07. The molecule has 0 radical (unpaired) electrons. The zero-order chi connectivity index (χ0) is 22.3. The first kappa shape index (κ1) is 20.8. The van der Waals surface area contributed by atoms with Gasteiger partial charge in [0.1, 0.15) is 16.2 Å². The molecule has 31 heavy (non-hydrogen) atoms. The predicted octanol–water partition coefficient (Wildman–Crippen LogP) is 4.21. The Bertz CT molecular complexity index is 1250. The van der Waals surface area contributed by atoms with E-state index in [9.17, 15) is 19.2 Å². The lowest BCUT2D eigenvalue weighted by molar-refractivity contribution is -0.134. The Hall–Kier alpha value is -3.49. The number of benzene rings is 2. The monoisotopic (exact) mass is 454 g/mol. The molecule has 4 amide bonds. The molecule has 0 spiro atoms. The molecule has 0 atom stereocenters. The van der Waals surface area contributed by atoms with E-state index in [1.54, 1.807) is 24.3 Å². The van der Waals surface area contributed by atoms with Crippen LogP contribution in [0.15, 0.2) is 54.1 Å². The summed E-state index contributed by atoms with van der Waals surface area (Å²) in [7, 11) is 2.62. The van der Waals surface area contributed by atoms with E-state index in [2.05, 4.69) is 0 Å². The van der Waals surface area contributed by atoms with Crippen molar-refractivity contribution < 1.29 is 23.9 Å². The highest BCUT2D eigenvalue weighted by Crippen LogP contribution is 2.35. The second-order valence-corrected chi connectivity index (χ2v) is 8.20. The maximum Gasteiger partial charge on any atom is 0.355 e. The zero-order valence-electron chi connectivity index (χ0n) is 16.4. The van der Waals surface area contributed by atoms with Gasteiger partial charge in [-0.05, 0) is 29.8 Å². The molecule has 1 fully saturated rings. The number of rotatable bonds is 3. The minimum absolute atomic E-state index is 0.133. The van der Waals surface area contributed by atoms with E-state index in [4.69, 9.17) is 16.3 Å². The van der Waals surface area contributed by atoms with Gasteiger partial charge < -0.3 is 4.74 Å². The van der Waals surface area contributed by atoms with Gasteiger partial charge >= 0.3 is 12.0 Å². The number of nitrogens with zero attached hydrogens (tertiary/aromatic N) is 2. The highest BCUT2D eigenvalue weighted by atomic mass is 35.5. The number of likely N-dealkylation sites (N-methyl/N-ethyl adjacent to an activating group) is 2. The van der Waals surface area contributed by atoms with E-state index < -0.39 is 23.8 Å². The molecule has 2 heterocycles. The lowest BCUT2D eigenvalue weighted by Gasteiger charge is -2.28. The second-order valence-electron chi connectivity index (χ2n) is 6.77. The van der Waals surface area contributed by atoms with Crippen LogP contribution in [0.4, 0.5) is 4.79 Å². The number of hydrogen-bond acceptors (Lipinski definition) is 6. The van der Waals surface area contributed by atoms with Crippen molar-refractivity contribution in [1.29, 1.82) is 0 Å². The van der Waals surface area contributed by atoms with Gasteiger partial charge in [-0.15, -0.1) is 11.3 Å². The van der Waals surface area contributed by atoms with Crippen molar-refractivity contribution in [2.45, 2.75) is 0 Å². The third-order valence-corrected chi connectivity index (χ3v) is 6.42. The molecule has 0 N–H and O–H groups in total. The third kappa shape index (κ3) is 3.71. The van der Waals surface area contributed by atoms with Gasteiger partial charge in [0.2, 0.25) is 0 Å². The van der Waals surface area contributed by atoms with E-state index in [1.165, 1.54) is 31.5 Å². The summed E-state index contributed by atoms with van der Waals surface area (Å²) in [5, 5.41) is 1.14. The summed E-state index contributed by atoms with van der Waals surface area (Å²) in [6.07, 6.45) is 1.39. The Morgan fingerprint density at radius 2 is 1.58 bits per heavy atom. The molecule has 1 aliphatic heterocycles. The number of hydrogen-bond donors (Lipinski definition) is 0. The summed E-state index contributed by atoms with van der Waals surface area (Å²) in [5.74, 6) is -1.64. The number of ether oxygens (including phenoxy) is 1. The van der Waals surface area contributed by atoms with Gasteiger partial charge in [0.05, 0.1) is 5.02 Å². The van der Waals surface area contributed by atoms with Gasteiger partial charge in [0.15, 0.2) is 0 Å². The third-order valence-electron chi connectivity index (χ3n) is 4.77. The standard InChI is InChI=1S/C22H15ClN2O5S/c1-24-19(26)15(20(27)25(2)22(24)29)11-12-7-9-13(10-8-12)30-21(28)18-17(23)14-5-3-4-6-16(14)31-18/h3-11H,1-2H3. The highest BCUT2D eigenvalue weighted by Gasteiger charge is 2.37. The average Bonchev–Trinajstić information content (AvgIpc) is 3.12. The molecule has 0 aliphatic carbocycles. The van der Waals surface area contributed by atoms with Crippen LogP contribution in [0.5, 0.6) is 5.75 Å². The summed E-state index contributed by atoms with van der Waals surface area (Å²) >= 11 is 7.57. The molecule has 0 unspecified atom stereocenters. The van der Waals surface area contributed by atoms with Crippen molar-refractivity contribution in [3.05, 3.63) is 69.6 Å². The zero-order valence-corrected chi connectivity index (χ0v) is 18.0. The molecule has 0 saturated carbocycles. The van der Waals surface area contributed by atoms with Crippen molar-refractivity contribution in [3.63, 3.8) is 0 Å². The Labute approximate surface area is 186 Å². The van der Waals surface area contributed by atoms with Gasteiger partial charge in [-0.1, -0.05) is 41.9 Å². The van der Waals surface area contributed by atoms with Crippen LogP contribution in [0.3, 0.4) is 0 Å². The first-order chi connectivity index (χ1) is 14.8.